The van der Waals surface area contributed by atoms with Crippen molar-refractivity contribution in [3.63, 3.8) is 0 Å². The van der Waals surface area contributed by atoms with Gasteiger partial charge in [0.25, 0.3) is 5.91 Å². The van der Waals surface area contributed by atoms with Crippen LogP contribution in [-0.2, 0) is 4.79 Å². The largest absolute Gasteiger partial charge is 0.360 e. The lowest BCUT2D eigenvalue weighted by atomic mass is 10.1. The van der Waals surface area contributed by atoms with Gasteiger partial charge in [-0.15, -0.1) is 0 Å². The number of para-hydroxylation sites is 1. The molecule has 3 rings (SSSR count). The van der Waals surface area contributed by atoms with Gasteiger partial charge >= 0.3 is 0 Å². The van der Waals surface area contributed by atoms with Crippen molar-refractivity contribution in [2.45, 2.75) is 27.7 Å². The Morgan fingerprint density at radius 1 is 1.00 bits per heavy atom. The number of amides is 1. The molecule has 26 heavy (non-hydrogen) atoms. The molecule has 1 aliphatic rings. The molecule has 2 aromatic rings. The Labute approximate surface area is 156 Å². The Balaban J connectivity index is 1.55. The van der Waals surface area contributed by atoms with E-state index in [-0.39, 0.29) is 5.91 Å². The number of carbonyl (C=O) groups is 1. The fourth-order valence-corrected chi connectivity index (χ4v) is 3.95. The van der Waals surface area contributed by atoms with Crippen molar-refractivity contribution in [2.24, 2.45) is 0 Å². The maximum Gasteiger partial charge on any atom is 0.279 e. The average Bonchev–Trinajstić information content (AvgIpc) is 2.59. The molecule has 2 N–H and O–H groups in total. The van der Waals surface area contributed by atoms with Gasteiger partial charge in [0.05, 0.1) is 26.2 Å². The third-order valence-electron chi connectivity index (χ3n) is 5.28. The van der Waals surface area contributed by atoms with Crippen molar-refractivity contribution in [1.29, 1.82) is 0 Å². The number of nitrogens with zero attached hydrogens (tertiary/aromatic N) is 1. The van der Waals surface area contributed by atoms with E-state index in [1.807, 2.05) is 0 Å². The molecule has 0 aliphatic carbocycles. The van der Waals surface area contributed by atoms with Crippen LogP contribution in [0.25, 0.3) is 0 Å². The summed E-state index contributed by atoms with van der Waals surface area (Å²) in [6, 6.07) is 12.8. The molecule has 4 heteroatoms. The van der Waals surface area contributed by atoms with Crippen LogP contribution in [0.3, 0.4) is 0 Å². The van der Waals surface area contributed by atoms with Crippen molar-refractivity contribution in [3.8, 4) is 0 Å². The van der Waals surface area contributed by atoms with Crippen LogP contribution in [0.4, 0.5) is 11.4 Å². The molecule has 0 aromatic heterocycles. The second-order valence-corrected chi connectivity index (χ2v) is 7.52. The lowest BCUT2D eigenvalue weighted by Crippen LogP contribution is -3.15. The first-order valence-electron chi connectivity index (χ1n) is 9.46. The molecule has 1 aliphatic heterocycles. The normalized spacial score (nSPS) is 15.2. The third kappa shape index (κ3) is 4.25. The molecule has 2 aromatic carbocycles. The summed E-state index contributed by atoms with van der Waals surface area (Å²) in [6.07, 6.45) is 0. The lowest BCUT2D eigenvalue weighted by Gasteiger charge is -2.34. The van der Waals surface area contributed by atoms with Crippen LogP contribution in [0.5, 0.6) is 0 Å². The minimum Gasteiger partial charge on any atom is -0.360 e. The number of aryl methyl sites for hydroxylation is 4. The van der Waals surface area contributed by atoms with E-state index in [9.17, 15) is 4.79 Å². The molecule has 1 saturated heterocycles. The highest BCUT2D eigenvalue weighted by atomic mass is 16.2. The SMILES string of the molecule is Cc1cc(C)c(NC(=O)C[NH+]2CCN(c3ccccc3C)CC2)c(C)c1. The Bertz CT molecular complexity index is 769. The molecule has 0 bridgehead atoms. The molecule has 138 valence electrons. The monoisotopic (exact) mass is 352 g/mol. The van der Waals surface area contributed by atoms with Crippen LogP contribution in [0.1, 0.15) is 22.3 Å². The van der Waals surface area contributed by atoms with Gasteiger partial charge < -0.3 is 15.1 Å². The summed E-state index contributed by atoms with van der Waals surface area (Å²) in [5.74, 6) is 0.111. The Kier molecular flexibility index (Phi) is 5.62. The summed E-state index contributed by atoms with van der Waals surface area (Å²) in [5, 5.41) is 3.13. The Hall–Kier alpha value is -2.33. The number of hydrogen-bond donors (Lipinski definition) is 2. The van der Waals surface area contributed by atoms with E-state index in [2.05, 4.69) is 74.3 Å². The molecule has 0 saturated carbocycles. The predicted molar refractivity (Wildman–Crippen MR) is 108 cm³/mol. The smallest absolute Gasteiger partial charge is 0.279 e. The van der Waals surface area contributed by atoms with Gasteiger partial charge in [-0.1, -0.05) is 35.9 Å². The molecule has 0 spiro atoms. The maximum atomic E-state index is 12.5. The molecule has 1 fully saturated rings. The van der Waals surface area contributed by atoms with Gasteiger partial charge in [-0.2, -0.15) is 0 Å². The van der Waals surface area contributed by atoms with Gasteiger partial charge in [0, 0.05) is 11.4 Å². The topological polar surface area (TPSA) is 36.8 Å². The first kappa shape index (κ1) is 18.5. The third-order valence-corrected chi connectivity index (χ3v) is 5.28. The quantitative estimate of drug-likeness (QED) is 0.886. The first-order chi connectivity index (χ1) is 12.4. The number of piperazine rings is 1. The number of benzene rings is 2. The highest BCUT2D eigenvalue weighted by Gasteiger charge is 2.23. The summed E-state index contributed by atoms with van der Waals surface area (Å²) in [6.45, 7) is 12.9. The zero-order valence-electron chi connectivity index (χ0n) is 16.4. The van der Waals surface area contributed by atoms with E-state index in [4.69, 9.17) is 0 Å². The van der Waals surface area contributed by atoms with Crippen LogP contribution in [0.15, 0.2) is 36.4 Å². The highest BCUT2D eigenvalue weighted by Crippen LogP contribution is 2.22. The number of nitrogens with one attached hydrogen (secondary N) is 2. The van der Waals surface area contributed by atoms with Crippen molar-refractivity contribution in [2.75, 3.05) is 42.9 Å². The van der Waals surface area contributed by atoms with Gasteiger partial charge in [0.1, 0.15) is 0 Å². The van der Waals surface area contributed by atoms with Crippen LogP contribution < -0.4 is 15.1 Å². The predicted octanol–water partition coefficient (Wildman–Crippen LogP) is 2.26. The number of quaternary nitrogens is 1. The average molecular weight is 353 g/mol. The van der Waals surface area contributed by atoms with Crippen LogP contribution >= 0.6 is 0 Å². The minimum atomic E-state index is 0.111. The van der Waals surface area contributed by atoms with Crippen LogP contribution in [0.2, 0.25) is 0 Å². The van der Waals surface area contributed by atoms with E-state index in [1.54, 1.807) is 0 Å². The zero-order chi connectivity index (χ0) is 18.7. The fraction of sp³-hybridized carbons (Fsp3) is 0.409. The highest BCUT2D eigenvalue weighted by molar-refractivity contribution is 5.93. The van der Waals surface area contributed by atoms with Gasteiger partial charge in [-0.05, 0) is 50.5 Å². The lowest BCUT2D eigenvalue weighted by molar-refractivity contribution is -0.892. The molecular weight excluding hydrogens is 322 g/mol. The number of hydrogen-bond acceptors (Lipinski definition) is 2. The van der Waals surface area contributed by atoms with Gasteiger partial charge in [-0.3, -0.25) is 4.79 Å². The molecule has 0 unspecified atom stereocenters. The second-order valence-electron chi connectivity index (χ2n) is 7.52. The molecular formula is C22H30N3O+. The van der Waals surface area contributed by atoms with Crippen molar-refractivity contribution < 1.29 is 9.69 Å². The Morgan fingerprint density at radius 2 is 1.62 bits per heavy atom. The van der Waals surface area contributed by atoms with Gasteiger partial charge in [0.15, 0.2) is 6.54 Å². The van der Waals surface area contributed by atoms with Crippen LogP contribution in [-0.4, -0.2) is 38.6 Å². The van der Waals surface area contributed by atoms with E-state index in [1.165, 1.54) is 21.7 Å². The summed E-state index contributed by atoms with van der Waals surface area (Å²) in [4.78, 5) is 16.3. The number of rotatable bonds is 4. The fourth-order valence-electron chi connectivity index (χ4n) is 3.95. The van der Waals surface area contributed by atoms with Gasteiger partial charge in [0.2, 0.25) is 0 Å². The summed E-state index contributed by atoms with van der Waals surface area (Å²) in [5.41, 5.74) is 7.11. The second kappa shape index (κ2) is 7.92. The van der Waals surface area contributed by atoms with Crippen molar-refractivity contribution in [1.82, 2.24) is 0 Å². The first-order valence-corrected chi connectivity index (χ1v) is 9.46. The summed E-state index contributed by atoms with van der Waals surface area (Å²) < 4.78 is 0. The van der Waals surface area contributed by atoms with Crippen molar-refractivity contribution in [3.05, 3.63) is 58.7 Å². The molecule has 0 radical (unpaired) electrons. The number of carbonyl (C=O) groups excluding carboxylic acids is 1. The van der Waals surface area contributed by atoms with Crippen LogP contribution in [0, 0.1) is 27.7 Å². The summed E-state index contributed by atoms with van der Waals surface area (Å²) in [7, 11) is 0. The number of anilines is 2. The van der Waals surface area contributed by atoms with E-state index in [0.717, 1.165) is 43.0 Å². The summed E-state index contributed by atoms with van der Waals surface area (Å²) >= 11 is 0. The standard InChI is InChI=1S/C22H29N3O/c1-16-13-18(3)22(19(4)14-16)23-21(26)15-24-9-11-25(12-10-24)20-8-6-5-7-17(20)2/h5-8,13-14H,9-12,15H2,1-4H3,(H,23,26)/p+1. The molecule has 0 atom stereocenters. The molecule has 1 heterocycles. The van der Waals surface area contributed by atoms with E-state index in [0.29, 0.717) is 6.54 Å². The Morgan fingerprint density at radius 3 is 2.23 bits per heavy atom. The molecule has 4 nitrogen and oxygen atoms in total. The van der Waals surface area contributed by atoms with E-state index < -0.39 is 0 Å². The maximum absolute atomic E-state index is 12.5. The van der Waals surface area contributed by atoms with E-state index >= 15 is 0 Å². The minimum absolute atomic E-state index is 0.111. The zero-order valence-corrected chi connectivity index (χ0v) is 16.4. The molecule has 1 amide bonds. The van der Waals surface area contributed by atoms with Gasteiger partial charge in [-0.25, -0.2) is 0 Å². The van der Waals surface area contributed by atoms with Crippen molar-refractivity contribution >= 4 is 17.3 Å².